The van der Waals surface area contributed by atoms with Crippen LogP contribution < -0.4 is 16.1 Å². The summed E-state index contributed by atoms with van der Waals surface area (Å²) >= 11 is 2.18. The molecule has 0 unspecified atom stereocenters. The minimum Gasteiger partial charge on any atom is -0.507 e. The maximum atomic E-state index is 9.98. The number of hydrogen-bond donors (Lipinski definition) is 4. The van der Waals surface area contributed by atoms with Crippen LogP contribution in [-0.4, -0.2) is 26.3 Å². The number of benzene rings is 3. The van der Waals surface area contributed by atoms with Gasteiger partial charge in [0.2, 0.25) is 17.8 Å². The van der Waals surface area contributed by atoms with E-state index in [0.29, 0.717) is 24.0 Å². The van der Waals surface area contributed by atoms with Gasteiger partial charge in [-0.1, -0.05) is 48.5 Å². The van der Waals surface area contributed by atoms with Crippen molar-refractivity contribution in [3.8, 4) is 5.75 Å². The number of phenols is 1. The zero-order valence-corrected chi connectivity index (χ0v) is 19.1. The molecule has 9 heteroatoms. The second-order valence-corrected chi connectivity index (χ2v) is 7.96. The second kappa shape index (κ2) is 10.5. The molecule has 0 fully saturated rings. The molecule has 4 N–H and O–H groups in total. The first kappa shape index (κ1) is 21.5. The van der Waals surface area contributed by atoms with E-state index in [9.17, 15) is 5.11 Å². The lowest BCUT2D eigenvalue weighted by Gasteiger charge is -2.10. The molecular formula is C23H20IN7O. The van der Waals surface area contributed by atoms with Crippen LogP contribution in [0.1, 0.15) is 11.1 Å². The molecule has 0 aliphatic carbocycles. The van der Waals surface area contributed by atoms with Gasteiger partial charge in [-0.25, -0.2) is 5.43 Å². The summed E-state index contributed by atoms with van der Waals surface area (Å²) in [6.07, 6.45) is 1.52. The number of phenolic OH excluding ortho intramolecular Hbond substituents is 1. The Hall–Kier alpha value is -3.73. The quantitative estimate of drug-likeness (QED) is 0.143. The van der Waals surface area contributed by atoms with Crippen molar-refractivity contribution in [2.45, 2.75) is 6.54 Å². The molecule has 0 bridgehead atoms. The van der Waals surface area contributed by atoms with Crippen LogP contribution in [0, 0.1) is 3.57 Å². The molecule has 8 nitrogen and oxygen atoms in total. The second-order valence-electron chi connectivity index (χ2n) is 6.71. The van der Waals surface area contributed by atoms with E-state index < -0.39 is 0 Å². The van der Waals surface area contributed by atoms with Crippen molar-refractivity contribution in [1.29, 1.82) is 0 Å². The number of hydrogen-bond acceptors (Lipinski definition) is 8. The fraction of sp³-hybridized carbons (Fsp3) is 0.0435. The van der Waals surface area contributed by atoms with E-state index in [2.05, 4.69) is 58.7 Å². The minimum atomic E-state index is 0.142. The molecule has 0 aliphatic rings. The van der Waals surface area contributed by atoms with Crippen LogP contribution in [-0.2, 0) is 6.54 Å². The van der Waals surface area contributed by atoms with Gasteiger partial charge in [0.15, 0.2) is 0 Å². The highest BCUT2D eigenvalue weighted by Gasteiger charge is 2.07. The zero-order valence-electron chi connectivity index (χ0n) is 16.9. The Morgan fingerprint density at radius 2 is 1.53 bits per heavy atom. The summed E-state index contributed by atoms with van der Waals surface area (Å²) in [5.74, 6) is 1.17. The standard InChI is InChI=1S/C23H20IN7O/c24-18-11-12-20(32)17(13-18)15-26-31-23-29-21(25-14-16-7-3-1-4-8-16)28-22(30-23)27-19-9-5-2-6-10-19/h1-13,15,32H,14H2,(H3,25,27,28,29,30,31)/b26-15-. The van der Waals surface area contributed by atoms with Gasteiger partial charge in [-0.15, -0.1) is 0 Å². The van der Waals surface area contributed by atoms with E-state index in [1.807, 2.05) is 72.8 Å². The average molecular weight is 537 g/mol. The van der Waals surface area contributed by atoms with Gasteiger partial charge in [-0.2, -0.15) is 20.1 Å². The van der Waals surface area contributed by atoms with Crippen molar-refractivity contribution in [2.75, 3.05) is 16.1 Å². The highest BCUT2D eigenvalue weighted by Crippen LogP contribution is 2.18. The molecule has 1 aromatic heterocycles. The number of hydrazone groups is 1. The lowest BCUT2D eigenvalue weighted by atomic mass is 10.2. The van der Waals surface area contributed by atoms with E-state index in [0.717, 1.165) is 14.8 Å². The van der Waals surface area contributed by atoms with Crippen LogP contribution in [0.2, 0.25) is 0 Å². The van der Waals surface area contributed by atoms with Crippen molar-refractivity contribution >= 4 is 52.3 Å². The number of nitrogens with one attached hydrogen (secondary N) is 3. The molecular weight excluding hydrogens is 517 g/mol. The Bertz CT molecular complexity index is 1200. The fourth-order valence-electron chi connectivity index (χ4n) is 2.78. The van der Waals surface area contributed by atoms with E-state index in [1.54, 1.807) is 6.07 Å². The molecule has 0 amide bonds. The number of aromatic hydroxyl groups is 1. The third kappa shape index (κ3) is 6.14. The Morgan fingerprint density at radius 1 is 0.844 bits per heavy atom. The molecule has 0 aliphatic heterocycles. The van der Waals surface area contributed by atoms with Gasteiger partial charge in [-0.3, -0.25) is 0 Å². The SMILES string of the molecule is Oc1ccc(I)cc1/C=N\Nc1nc(NCc2ccccc2)nc(Nc2ccccc2)n1. The Balaban J connectivity index is 1.54. The lowest BCUT2D eigenvalue weighted by Crippen LogP contribution is -2.09. The van der Waals surface area contributed by atoms with Gasteiger partial charge >= 0.3 is 0 Å². The van der Waals surface area contributed by atoms with Crippen molar-refractivity contribution in [2.24, 2.45) is 5.10 Å². The number of para-hydroxylation sites is 1. The van der Waals surface area contributed by atoms with Gasteiger partial charge in [-0.05, 0) is 58.5 Å². The highest BCUT2D eigenvalue weighted by molar-refractivity contribution is 14.1. The molecule has 4 rings (SSSR count). The molecule has 0 atom stereocenters. The van der Waals surface area contributed by atoms with Gasteiger partial charge in [0, 0.05) is 21.4 Å². The molecule has 32 heavy (non-hydrogen) atoms. The van der Waals surface area contributed by atoms with Crippen LogP contribution in [0.5, 0.6) is 5.75 Å². The zero-order chi connectivity index (χ0) is 22.2. The first-order chi connectivity index (χ1) is 15.7. The third-order valence-corrected chi connectivity index (χ3v) is 4.99. The Labute approximate surface area is 199 Å². The fourth-order valence-corrected chi connectivity index (χ4v) is 3.29. The van der Waals surface area contributed by atoms with E-state index in [-0.39, 0.29) is 11.7 Å². The normalized spacial score (nSPS) is 10.8. The van der Waals surface area contributed by atoms with Gasteiger partial charge in [0.1, 0.15) is 5.75 Å². The molecule has 0 radical (unpaired) electrons. The average Bonchev–Trinajstić information content (AvgIpc) is 2.81. The monoisotopic (exact) mass is 537 g/mol. The number of aromatic nitrogens is 3. The number of rotatable bonds is 8. The van der Waals surface area contributed by atoms with Crippen LogP contribution >= 0.6 is 22.6 Å². The summed E-state index contributed by atoms with van der Waals surface area (Å²) in [5.41, 5.74) is 5.36. The van der Waals surface area contributed by atoms with E-state index in [1.165, 1.54) is 6.21 Å². The smallest absolute Gasteiger partial charge is 0.250 e. The molecule has 4 aromatic rings. The molecule has 3 aromatic carbocycles. The first-order valence-electron chi connectivity index (χ1n) is 9.79. The molecule has 0 spiro atoms. The predicted octanol–water partition coefficient (Wildman–Crippen LogP) is 4.98. The van der Waals surface area contributed by atoms with Crippen molar-refractivity contribution < 1.29 is 5.11 Å². The van der Waals surface area contributed by atoms with Crippen LogP contribution in [0.4, 0.5) is 23.5 Å². The molecule has 1 heterocycles. The summed E-state index contributed by atoms with van der Waals surface area (Å²) < 4.78 is 0.990. The van der Waals surface area contributed by atoms with Crippen molar-refractivity contribution in [3.05, 3.63) is 93.6 Å². The summed E-state index contributed by atoms with van der Waals surface area (Å²) in [5, 5.41) is 20.5. The van der Waals surface area contributed by atoms with Crippen molar-refractivity contribution in [1.82, 2.24) is 15.0 Å². The number of halogens is 1. The van der Waals surface area contributed by atoms with Crippen molar-refractivity contribution in [3.63, 3.8) is 0 Å². The number of anilines is 4. The maximum Gasteiger partial charge on any atom is 0.250 e. The first-order valence-corrected chi connectivity index (χ1v) is 10.9. The summed E-state index contributed by atoms with van der Waals surface area (Å²) in [4.78, 5) is 13.3. The van der Waals surface area contributed by atoms with Gasteiger partial charge < -0.3 is 15.7 Å². The topological polar surface area (TPSA) is 107 Å². The Morgan fingerprint density at radius 3 is 2.31 bits per heavy atom. The third-order valence-electron chi connectivity index (χ3n) is 4.32. The molecule has 0 saturated carbocycles. The minimum absolute atomic E-state index is 0.142. The Kier molecular flexibility index (Phi) is 7.08. The lowest BCUT2D eigenvalue weighted by molar-refractivity contribution is 0.474. The van der Waals surface area contributed by atoms with E-state index >= 15 is 0 Å². The highest BCUT2D eigenvalue weighted by atomic mass is 127. The van der Waals surface area contributed by atoms with E-state index in [4.69, 9.17) is 0 Å². The largest absolute Gasteiger partial charge is 0.507 e. The summed E-state index contributed by atoms with van der Waals surface area (Å²) in [6.45, 7) is 0.564. The van der Waals surface area contributed by atoms with Gasteiger partial charge in [0.25, 0.3) is 0 Å². The summed E-state index contributed by atoms with van der Waals surface area (Å²) in [6, 6.07) is 24.9. The van der Waals surface area contributed by atoms with Gasteiger partial charge in [0.05, 0.1) is 6.21 Å². The molecule has 0 saturated heterocycles. The van der Waals surface area contributed by atoms with Crippen LogP contribution in [0.25, 0.3) is 0 Å². The van der Waals surface area contributed by atoms with Crippen LogP contribution in [0.15, 0.2) is 84.0 Å². The molecule has 160 valence electrons. The number of nitrogens with zero attached hydrogens (tertiary/aromatic N) is 4. The summed E-state index contributed by atoms with van der Waals surface area (Å²) in [7, 11) is 0. The maximum absolute atomic E-state index is 9.98. The predicted molar refractivity (Wildman–Crippen MR) is 135 cm³/mol. The van der Waals surface area contributed by atoms with Crippen LogP contribution in [0.3, 0.4) is 0 Å².